The van der Waals surface area contributed by atoms with Gasteiger partial charge < -0.3 is 10.2 Å². The van der Waals surface area contributed by atoms with Crippen molar-refractivity contribution in [2.24, 2.45) is 5.92 Å². The number of rotatable bonds is 4. The second kappa shape index (κ2) is 8.05. The van der Waals surface area contributed by atoms with Crippen molar-refractivity contribution in [3.8, 4) is 0 Å². The topological polar surface area (TPSA) is 88.4 Å². The van der Waals surface area contributed by atoms with E-state index in [4.69, 9.17) is 0 Å². The molecular formula is C14H21ClN4O3. The second-order valence-electron chi connectivity index (χ2n) is 5.40. The Labute approximate surface area is 135 Å². The fraction of sp³-hybridized carbons (Fsp3) is 0.571. The summed E-state index contributed by atoms with van der Waals surface area (Å²) in [6.07, 6.45) is 3.24. The van der Waals surface area contributed by atoms with E-state index in [0.717, 1.165) is 19.4 Å². The van der Waals surface area contributed by atoms with Gasteiger partial charge in [-0.3, -0.25) is 19.9 Å². The minimum atomic E-state index is -0.525. The first-order valence-corrected chi connectivity index (χ1v) is 7.08. The number of pyridine rings is 1. The van der Waals surface area contributed by atoms with E-state index >= 15 is 0 Å². The first kappa shape index (κ1) is 18.3. The molecule has 8 heteroatoms. The van der Waals surface area contributed by atoms with Crippen LogP contribution in [0.3, 0.4) is 0 Å². The minimum Gasteiger partial charge on any atom is -0.338 e. The minimum absolute atomic E-state index is 0. The summed E-state index contributed by atoms with van der Waals surface area (Å²) >= 11 is 0. The normalized spacial score (nSPS) is 17.7. The molecule has 1 aromatic rings. The summed E-state index contributed by atoms with van der Waals surface area (Å²) in [6, 6.07) is 1.33. The van der Waals surface area contributed by atoms with E-state index in [1.54, 1.807) is 11.8 Å². The number of aromatic nitrogens is 1. The van der Waals surface area contributed by atoms with Crippen molar-refractivity contribution in [2.75, 3.05) is 26.7 Å². The fourth-order valence-corrected chi connectivity index (χ4v) is 2.71. The van der Waals surface area contributed by atoms with E-state index in [-0.39, 0.29) is 24.0 Å². The van der Waals surface area contributed by atoms with Crippen LogP contribution in [0, 0.1) is 23.0 Å². The molecule has 0 aliphatic carbocycles. The van der Waals surface area contributed by atoms with Crippen LogP contribution in [0.4, 0.5) is 5.69 Å². The Morgan fingerprint density at radius 2 is 2.32 bits per heavy atom. The molecule has 2 rings (SSSR count). The molecule has 0 saturated carbocycles. The van der Waals surface area contributed by atoms with Crippen molar-refractivity contribution >= 4 is 24.0 Å². The molecular weight excluding hydrogens is 308 g/mol. The van der Waals surface area contributed by atoms with Crippen LogP contribution in [0.5, 0.6) is 0 Å². The monoisotopic (exact) mass is 328 g/mol. The third-order valence-corrected chi connectivity index (χ3v) is 3.81. The molecule has 1 amide bonds. The fourth-order valence-electron chi connectivity index (χ4n) is 2.71. The van der Waals surface area contributed by atoms with Crippen LogP contribution in [-0.4, -0.2) is 47.4 Å². The number of hydrogen-bond donors (Lipinski definition) is 1. The third kappa shape index (κ3) is 4.14. The summed E-state index contributed by atoms with van der Waals surface area (Å²) in [5, 5.41) is 14.0. The van der Waals surface area contributed by atoms with Gasteiger partial charge in [-0.2, -0.15) is 0 Å². The molecule has 1 unspecified atom stereocenters. The molecule has 1 aromatic heterocycles. The van der Waals surface area contributed by atoms with Crippen molar-refractivity contribution in [1.29, 1.82) is 0 Å². The van der Waals surface area contributed by atoms with E-state index in [0.29, 0.717) is 30.3 Å². The highest BCUT2D eigenvalue weighted by molar-refractivity contribution is 5.95. The van der Waals surface area contributed by atoms with Gasteiger partial charge in [0, 0.05) is 19.2 Å². The van der Waals surface area contributed by atoms with Gasteiger partial charge in [-0.15, -0.1) is 12.4 Å². The molecule has 7 nitrogen and oxygen atoms in total. The lowest BCUT2D eigenvalue weighted by Gasteiger charge is -2.33. The van der Waals surface area contributed by atoms with Crippen molar-refractivity contribution < 1.29 is 9.72 Å². The third-order valence-electron chi connectivity index (χ3n) is 3.81. The Hall–Kier alpha value is -1.73. The molecule has 1 atom stereocenters. The molecule has 1 aliphatic rings. The number of nitrogens with one attached hydrogen (secondary N) is 1. The molecule has 1 aliphatic heterocycles. The van der Waals surface area contributed by atoms with E-state index in [9.17, 15) is 14.9 Å². The lowest BCUT2D eigenvalue weighted by atomic mass is 9.97. The van der Waals surface area contributed by atoms with Crippen molar-refractivity contribution in [3.05, 3.63) is 33.6 Å². The largest absolute Gasteiger partial charge is 0.338 e. The number of piperidine rings is 1. The number of nitrogens with zero attached hydrogens (tertiary/aromatic N) is 3. The molecule has 0 radical (unpaired) electrons. The van der Waals surface area contributed by atoms with Crippen LogP contribution in [0.15, 0.2) is 12.3 Å². The molecule has 2 heterocycles. The molecule has 1 saturated heterocycles. The molecule has 0 spiro atoms. The Morgan fingerprint density at radius 1 is 1.59 bits per heavy atom. The van der Waals surface area contributed by atoms with Crippen molar-refractivity contribution in [3.63, 3.8) is 0 Å². The summed E-state index contributed by atoms with van der Waals surface area (Å²) in [6.45, 7) is 3.95. The average Bonchev–Trinajstić information content (AvgIpc) is 2.47. The number of aryl methyl sites for hydroxylation is 1. The first-order chi connectivity index (χ1) is 10.0. The van der Waals surface area contributed by atoms with Crippen LogP contribution >= 0.6 is 12.4 Å². The number of halogens is 1. The summed E-state index contributed by atoms with van der Waals surface area (Å²) in [5.41, 5.74) is 0.711. The highest BCUT2D eigenvalue weighted by Gasteiger charge is 2.26. The number of carbonyl (C=O) groups is 1. The summed E-state index contributed by atoms with van der Waals surface area (Å²) in [7, 11) is 1.90. The van der Waals surface area contributed by atoms with Crippen molar-refractivity contribution in [2.45, 2.75) is 19.8 Å². The zero-order valence-electron chi connectivity index (χ0n) is 12.7. The Bertz CT molecular complexity index is 551. The van der Waals surface area contributed by atoms with E-state index in [1.165, 1.54) is 12.3 Å². The van der Waals surface area contributed by atoms with Gasteiger partial charge >= 0.3 is 0 Å². The predicted octanol–water partition coefficient (Wildman–Crippen LogP) is 1.79. The van der Waals surface area contributed by atoms with Gasteiger partial charge in [-0.05, 0) is 39.3 Å². The smallest absolute Gasteiger partial charge is 0.288 e. The molecule has 122 valence electrons. The SMILES string of the molecule is CNCC1CCCN(C(=O)c2cc([N+](=O)[O-])cnc2C)C1.Cl. The second-order valence-corrected chi connectivity index (χ2v) is 5.40. The number of likely N-dealkylation sites (tertiary alicyclic amines) is 1. The Morgan fingerprint density at radius 3 is 2.95 bits per heavy atom. The van der Waals surface area contributed by atoms with Gasteiger partial charge in [0.1, 0.15) is 6.20 Å². The number of hydrogen-bond acceptors (Lipinski definition) is 5. The van der Waals surface area contributed by atoms with Gasteiger partial charge in [-0.25, -0.2) is 0 Å². The van der Waals surface area contributed by atoms with E-state index in [1.807, 2.05) is 7.05 Å². The molecule has 0 aromatic carbocycles. The molecule has 22 heavy (non-hydrogen) atoms. The number of nitro groups is 1. The maximum atomic E-state index is 12.6. The Balaban J connectivity index is 0.00000242. The highest BCUT2D eigenvalue weighted by atomic mass is 35.5. The zero-order valence-corrected chi connectivity index (χ0v) is 13.6. The first-order valence-electron chi connectivity index (χ1n) is 7.08. The number of carbonyl (C=O) groups excluding carboxylic acids is 1. The summed E-state index contributed by atoms with van der Waals surface area (Å²) in [4.78, 5) is 28.6. The molecule has 1 N–H and O–H groups in total. The van der Waals surface area contributed by atoms with Crippen LogP contribution in [0.1, 0.15) is 28.9 Å². The molecule has 1 fully saturated rings. The Kier molecular flexibility index (Phi) is 6.70. The van der Waals surface area contributed by atoms with Crippen LogP contribution < -0.4 is 5.32 Å². The van der Waals surface area contributed by atoms with Gasteiger partial charge in [-0.1, -0.05) is 0 Å². The van der Waals surface area contributed by atoms with E-state index < -0.39 is 4.92 Å². The van der Waals surface area contributed by atoms with Crippen LogP contribution in [0.2, 0.25) is 0 Å². The quantitative estimate of drug-likeness (QED) is 0.672. The summed E-state index contributed by atoms with van der Waals surface area (Å²) in [5.74, 6) is 0.268. The number of amides is 1. The van der Waals surface area contributed by atoms with Crippen LogP contribution in [-0.2, 0) is 0 Å². The zero-order chi connectivity index (χ0) is 15.4. The van der Waals surface area contributed by atoms with Gasteiger partial charge in [0.05, 0.1) is 16.2 Å². The lowest BCUT2D eigenvalue weighted by molar-refractivity contribution is -0.385. The standard InChI is InChI=1S/C14H20N4O3.ClH/c1-10-13(6-12(8-16-10)18(20)21)14(19)17-5-3-4-11(9-17)7-15-2;/h6,8,11,15H,3-5,7,9H2,1-2H3;1H. The van der Waals surface area contributed by atoms with Gasteiger partial charge in [0.2, 0.25) is 0 Å². The molecule has 0 bridgehead atoms. The van der Waals surface area contributed by atoms with Crippen molar-refractivity contribution in [1.82, 2.24) is 15.2 Å². The average molecular weight is 329 g/mol. The van der Waals surface area contributed by atoms with Gasteiger partial charge in [0.15, 0.2) is 0 Å². The van der Waals surface area contributed by atoms with Gasteiger partial charge in [0.25, 0.3) is 11.6 Å². The summed E-state index contributed by atoms with van der Waals surface area (Å²) < 4.78 is 0. The predicted molar refractivity (Wildman–Crippen MR) is 85.4 cm³/mol. The van der Waals surface area contributed by atoms with Crippen LogP contribution in [0.25, 0.3) is 0 Å². The maximum absolute atomic E-state index is 12.6. The maximum Gasteiger partial charge on any atom is 0.288 e. The lowest BCUT2D eigenvalue weighted by Crippen LogP contribution is -2.42. The highest BCUT2D eigenvalue weighted by Crippen LogP contribution is 2.21. The van der Waals surface area contributed by atoms with E-state index in [2.05, 4.69) is 10.3 Å².